The number of nitrogens with one attached hydrogen (secondary N) is 2. The van der Waals surface area contributed by atoms with Crippen LogP contribution in [0.4, 0.5) is 0 Å². The standard InChI is InChI=1S/C21H28N2O2/c1-17(9-10-18-7-5-4-6-8-18)22-21(24)16-23(2)15-19-11-13-20(25-3)14-12-19/h4-8,11-14,17H,9-10,15-16H2,1-3H3,(H,22,24)/p+1/t17-/m0/s1. The minimum absolute atomic E-state index is 0.103. The average molecular weight is 341 g/mol. The lowest BCUT2D eigenvalue weighted by atomic mass is 10.1. The molecule has 1 amide bonds. The van der Waals surface area contributed by atoms with Gasteiger partial charge in [-0.25, -0.2) is 0 Å². The number of ether oxygens (including phenoxy) is 1. The summed E-state index contributed by atoms with van der Waals surface area (Å²) in [7, 11) is 3.70. The number of aryl methyl sites for hydroxylation is 1. The Morgan fingerprint density at radius 2 is 1.76 bits per heavy atom. The van der Waals surface area contributed by atoms with E-state index in [1.165, 1.54) is 11.1 Å². The van der Waals surface area contributed by atoms with Gasteiger partial charge in [-0.05, 0) is 49.6 Å². The molecule has 2 rings (SSSR count). The van der Waals surface area contributed by atoms with Gasteiger partial charge in [0.15, 0.2) is 6.54 Å². The molecule has 2 aromatic rings. The van der Waals surface area contributed by atoms with Gasteiger partial charge in [-0.15, -0.1) is 0 Å². The van der Waals surface area contributed by atoms with E-state index in [0.29, 0.717) is 6.54 Å². The topological polar surface area (TPSA) is 42.8 Å². The van der Waals surface area contributed by atoms with Crippen molar-refractivity contribution in [3.8, 4) is 5.75 Å². The van der Waals surface area contributed by atoms with E-state index in [9.17, 15) is 4.79 Å². The summed E-state index contributed by atoms with van der Waals surface area (Å²) in [6.45, 7) is 3.36. The summed E-state index contributed by atoms with van der Waals surface area (Å²) >= 11 is 0. The SMILES string of the molecule is COc1ccc(C[NH+](C)CC(=O)N[C@@H](C)CCc2ccccc2)cc1. The zero-order valence-electron chi connectivity index (χ0n) is 15.4. The van der Waals surface area contributed by atoms with Crippen LogP contribution in [0.3, 0.4) is 0 Å². The van der Waals surface area contributed by atoms with Gasteiger partial charge in [0.2, 0.25) is 0 Å². The van der Waals surface area contributed by atoms with E-state index < -0.39 is 0 Å². The fourth-order valence-corrected chi connectivity index (χ4v) is 2.85. The van der Waals surface area contributed by atoms with Crippen LogP contribution in [0.25, 0.3) is 0 Å². The van der Waals surface area contributed by atoms with Crippen molar-refractivity contribution in [3.63, 3.8) is 0 Å². The molecule has 4 heteroatoms. The monoisotopic (exact) mass is 341 g/mol. The molecule has 25 heavy (non-hydrogen) atoms. The molecule has 2 aromatic carbocycles. The second-order valence-corrected chi connectivity index (χ2v) is 6.65. The third kappa shape index (κ3) is 6.98. The lowest BCUT2D eigenvalue weighted by Gasteiger charge is -2.17. The summed E-state index contributed by atoms with van der Waals surface area (Å²) in [6.07, 6.45) is 1.93. The van der Waals surface area contributed by atoms with E-state index in [0.717, 1.165) is 30.0 Å². The number of hydrogen-bond acceptors (Lipinski definition) is 2. The van der Waals surface area contributed by atoms with Gasteiger partial charge >= 0.3 is 0 Å². The molecule has 0 aliphatic carbocycles. The molecule has 0 saturated heterocycles. The molecule has 0 radical (unpaired) electrons. The number of methoxy groups -OCH3 is 1. The molecule has 2 N–H and O–H groups in total. The Morgan fingerprint density at radius 1 is 1.08 bits per heavy atom. The van der Waals surface area contributed by atoms with Crippen molar-refractivity contribution >= 4 is 5.91 Å². The van der Waals surface area contributed by atoms with E-state index in [-0.39, 0.29) is 11.9 Å². The highest BCUT2D eigenvalue weighted by atomic mass is 16.5. The molecular formula is C21H29N2O2+. The molecule has 0 heterocycles. The van der Waals surface area contributed by atoms with Crippen LogP contribution in [0.2, 0.25) is 0 Å². The van der Waals surface area contributed by atoms with Crippen LogP contribution in [-0.2, 0) is 17.8 Å². The molecule has 0 aliphatic rings. The van der Waals surface area contributed by atoms with Crippen molar-refractivity contribution in [2.24, 2.45) is 0 Å². The molecule has 0 bridgehead atoms. The number of carbonyl (C=O) groups is 1. The number of amides is 1. The van der Waals surface area contributed by atoms with Gasteiger partial charge in [-0.1, -0.05) is 30.3 Å². The lowest BCUT2D eigenvalue weighted by Crippen LogP contribution is -3.09. The minimum Gasteiger partial charge on any atom is -0.497 e. The highest BCUT2D eigenvalue weighted by Crippen LogP contribution is 2.10. The lowest BCUT2D eigenvalue weighted by molar-refractivity contribution is -0.885. The van der Waals surface area contributed by atoms with Crippen molar-refractivity contribution in [1.82, 2.24) is 5.32 Å². The maximum Gasteiger partial charge on any atom is 0.275 e. The van der Waals surface area contributed by atoms with Gasteiger partial charge in [0.25, 0.3) is 5.91 Å². The fraction of sp³-hybridized carbons (Fsp3) is 0.381. The molecule has 134 valence electrons. The van der Waals surface area contributed by atoms with Gasteiger partial charge in [-0.2, -0.15) is 0 Å². The predicted octanol–water partition coefficient (Wildman–Crippen LogP) is 1.85. The van der Waals surface area contributed by atoms with E-state index in [4.69, 9.17) is 4.74 Å². The van der Waals surface area contributed by atoms with E-state index in [1.54, 1.807) is 7.11 Å². The molecule has 4 nitrogen and oxygen atoms in total. The Morgan fingerprint density at radius 3 is 2.40 bits per heavy atom. The molecule has 0 spiro atoms. The number of rotatable bonds is 9. The molecule has 0 saturated carbocycles. The van der Waals surface area contributed by atoms with Gasteiger partial charge in [-0.3, -0.25) is 4.79 Å². The summed E-state index contributed by atoms with van der Waals surface area (Å²) < 4.78 is 5.17. The summed E-state index contributed by atoms with van der Waals surface area (Å²) in [5.74, 6) is 0.956. The van der Waals surface area contributed by atoms with Gasteiger partial charge in [0.1, 0.15) is 12.3 Å². The maximum absolute atomic E-state index is 12.2. The normalized spacial score (nSPS) is 13.1. The molecule has 0 aliphatic heterocycles. The Hall–Kier alpha value is -2.33. The zero-order chi connectivity index (χ0) is 18.1. The van der Waals surface area contributed by atoms with Crippen LogP contribution in [0.5, 0.6) is 5.75 Å². The average Bonchev–Trinajstić information content (AvgIpc) is 2.61. The van der Waals surface area contributed by atoms with Crippen molar-refractivity contribution in [1.29, 1.82) is 0 Å². The predicted molar refractivity (Wildman–Crippen MR) is 101 cm³/mol. The first-order valence-corrected chi connectivity index (χ1v) is 8.84. The van der Waals surface area contributed by atoms with Gasteiger partial charge in [0.05, 0.1) is 14.2 Å². The smallest absolute Gasteiger partial charge is 0.275 e. The van der Waals surface area contributed by atoms with E-state index in [2.05, 4.69) is 36.5 Å². The molecule has 0 aromatic heterocycles. The number of benzene rings is 2. The number of quaternary nitrogens is 1. The Kier molecular flexibility index (Phi) is 7.48. The van der Waals surface area contributed by atoms with E-state index in [1.807, 2.05) is 37.4 Å². The highest BCUT2D eigenvalue weighted by molar-refractivity contribution is 5.77. The minimum atomic E-state index is 0.103. The van der Waals surface area contributed by atoms with Crippen LogP contribution < -0.4 is 15.0 Å². The van der Waals surface area contributed by atoms with Crippen LogP contribution in [0.1, 0.15) is 24.5 Å². The molecular weight excluding hydrogens is 312 g/mol. The Bertz CT molecular complexity index is 641. The first-order valence-electron chi connectivity index (χ1n) is 8.84. The first-order chi connectivity index (χ1) is 12.1. The van der Waals surface area contributed by atoms with Crippen molar-refractivity contribution in [2.45, 2.75) is 32.4 Å². The largest absolute Gasteiger partial charge is 0.497 e. The van der Waals surface area contributed by atoms with Crippen LogP contribution in [0, 0.1) is 0 Å². The summed E-state index contributed by atoms with van der Waals surface area (Å²) in [5, 5.41) is 3.11. The third-order valence-electron chi connectivity index (χ3n) is 4.24. The van der Waals surface area contributed by atoms with Crippen LogP contribution >= 0.6 is 0 Å². The van der Waals surface area contributed by atoms with Crippen molar-refractivity contribution < 1.29 is 14.4 Å². The summed E-state index contributed by atoms with van der Waals surface area (Å²) in [5.41, 5.74) is 2.51. The van der Waals surface area contributed by atoms with Crippen LogP contribution in [0.15, 0.2) is 54.6 Å². The number of carbonyl (C=O) groups excluding carboxylic acids is 1. The molecule has 0 fully saturated rings. The number of likely N-dealkylation sites (N-methyl/N-ethyl adjacent to an activating group) is 1. The second-order valence-electron chi connectivity index (χ2n) is 6.65. The van der Waals surface area contributed by atoms with Gasteiger partial charge in [0, 0.05) is 11.6 Å². The summed E-state index contributed by atoms with van der Waals surface area (Å²) in [6, 6.07) is 18.6. The molecule has 1 unspecified atom stereocenters. The molecule has 2 atom stereocenters. The second kappa shape index (κ2) is 9.84. The Labute approximate surface area is 150 Å². The van der Waals surface area contributed by atoms with E-state index >= 15 is 0 Å². The first kappa shape index (κ1) is 19.0. The quantitative estimate of drug-likeness (QED) is 0.731. The summed E-state index contributed by atoms with van der Waals surface area (Å²) in [4.78, 5) is 13.4. The Balaban J connectivity index is 1.70. The van der Waals surface area contributed by atoms with Crippen molar-refractivity contribution in [2.75, 3.05) is 20.7 Å². The van der Waals surface area contributed by atoms with Crippen LogP contribution in [-0.4, -0.2) is 32.7 Å². The van der Waals surface area contributed by atoms with Gasteiger partial charge < -0.3 is 15.0 Å². The zero-order valence-corrected chi connectivity index (χ0v) is 15.4. The maximum atomic E-state index is 12.2. The fourth-order valence-electron chi connectivity index (χ4n) is 2.85. The third-order valence-corrected chi connectivity index (χ3v) is 4.24. The number of hydrogen-bond donors (Lipinski definition) is 2. The van der Waals surface area contributed by atoms with Crippen molar-refractivity contribution in [3.05, 3.63) is 65.7 Å². The highest BCUT2D eigenvalue weighted by Gasteiger charge is 2.13.